The van der Waals surface area contributed by atoms with Crippen molar-refractivity contribution in [2.75, 3.05) is 5.01 Å². The van der Waals surface area contributed by atoms with E-state index in [2.05, 4.69) is 0 Å². The van der Waals surface area contributed by atoms with Crippen molar-refractivity contribution < 1.29 is 18.7 Å². The number of hydrazine groups is 1. The lowest BCUT2D eigenvalue weighted by Gasteiger charge is -2.21. The standard InChI is InChI=1S/C10H10ClF2N3O2/c1-4(8(14)10(17)18)16(15)9-6(12)3-2-5(11)7(9)13/h2-3H,14-15H2,1H3,(H,17,18)/b8-4-. The lowest BCUT2D eigenvalue weighted by Crippen LogP contribution is -2.34. The van der Waals surface area contributed by atoms with Gasteiger partial charge in [0.05, 0.1) is 10.7 Å². The molecule has 0 bridgehead atoms. The third-order valence-corrected chi connectivity index (χ3v) is 2.53. The minimum absolute atomic E-state index is 0.220. The quantitative estimate of drug-likeness (QED) is 0.337. The van der Waals surface area contributed by atoms with Gasteiger partial charge < -0.3 is 10.8 Å². The molecule has 0 saturated heterocycles. The number of allylic oxidation sites excluding steroid dienone is 1. The molecule has 1 aromatic rings. The van der Waals surface area contributed by atoms with Gasteiger partial charge in [0.15, 0.2) is 11.6 Å². The molecule has 0 amide bonds. The van der Waals surface area contributed by atoms with Crippen molar-refractivity contribution in [1.82, 2.24) is 0 Å². The second-order valence-electron chi connectivity index (χ2n) is 3.37. The van der Waals surface area contributed by atoms with Gasteiger partial charge in [-0.05, 0) is 19.1 Å². The maximum atomic E-state index is 13.6. The highest BCUT2D eigenvalue weighted by Crippen LogP contribution is 2.29. The van der Waals surface area contributed by atoms with Crippen molar-refractivity contribution in [1.29, 1.82) is 0 Å². The van der Waals surface area contributed by atoms with Gasteiger partial charge in [-0.2, -0.15) is 0 Å². The number of aliphatic carboxylic acids is 1. The van der Waals surface area contributed by atoms with E-state index < -0.39 is 29.0 Å². The molecule has 0 aliphatic heterocycles. The summed E-state index contributed by atoms with van der Waals surface area (Å²) in [6.07, 6.45) is 0. The SMILES string of the molecule is C/C(=C(/N)C(=O)O)N(N)c1c(F)ccc(Cl)c1F. The van der Waals surface area contributed by atoms with E-state index in [1.807, 2.05) is 0 Å². The third-order valence-electron chi connectivity index (χ3n) is 2.24. The van der Waals surface area contributed by atoms with E-state index in [4.69, 9.17) is 28.3 Å². The molecule has 5 nitrogen and oxygen atoms in total. The first kappa shape index (κ1) is 14.2. The number of halogens is 3. The summed E-state index contributed by atoms with van der Waals surface area (Å²) in [7, 11) is 0. The maximum absolute atomic E-state index is 13.6. The van der Waals surface area contributed by atoms with Crippen LogP contribution in [0.4, 0.5) is 14.5 Å². The van der Waals surface area contributed by atoms with Crippen molar-refractivity contribution >= 4 is 23.3 Å². The molecule has 0 saturated carbocycles. The van der Waals surface area contributed by atoms with Crippen LogP contribution in [0.3, 0.4) is 0 Å². The van der Waals surface area contributed by atoms with Crippen molar-refractivity contribution in [3.05, 3.63) is 40.2 Å². The number of nitrogens with two attached hydrogens (primary N) is 2. The van der Waals surface area contributed by atoms with E-state index in [-0.39, 0.29) is 10.7 Å². The van der Waals surface area contributed by atoms with Crippen LogP contribution >= 0.6 is 11.6 Å². The number of carbonyl (C=O) groups is 1. The maximum Gasteiger partial charge on any atom is 0.353 e. The molecule has 1 rings (SSSR count). The second kappa shape index (κ2) is 5.19. The molecule has 0 fully saturated rings. The monoisotopic (exact) mass is 277 g/mol. The summed E-state index contributed by atoms with van der Waals surface area (Å²) < 4.78 is 27.1. The summed E-state index contributed by atoms with van der Waals surface area (Å²) in [5.41, 5.74) is 3.69. The summed E-state index contributed by atoms with van der Waals surface area (Å²) in [5, 5.41) is 8.82. The largest absolute Gasteiger partial charge is 0.477 e. The topological polar surface area (TPSA) is 92.6 Å². The number of nitrogens with zero attached hydrogens (tertiary/aromatic N) is 1. The Morgan fingerprint density at radius 3 is 2.50 bits per heavy atom. The van der Waals surface area contributed by atoms with Gasteiger partial charge in [-0.25, -0.2) is 19.4 Å². The van der Waals surface area contributed by atoms with Crippen LogP contribution in [-0.4, -0.2) is 11.1 Å². The van der Waals surface area contributed by atoms with Crippen LogP contribution in [0.25, 0.3) is 0 Å². The van der Waals surface area contributed by atoms with E-state index in [9.17, 15) is 13.6 Å². The van der Waals surface area contributed by atoms with E-state index in [1.54, 1.807) is 0 Å². The Morgan fingerprint density at radius 2 is 2.00 bits per heavy atom. The van der Waals surface area contributed by atoms with Gasteiger partial charge in [-0.15, -0.1) is 0 Å². The number of hydrogen-bond acceptors (Lipinski definition) is 4. The van der Waals surface area contributed by atoms with Crippen LogP contribution in [0.1, 0.15) is 6.92 Å². The molecular weight excluding hydrogens is 268 g/mol. The lowest BCUT2D eigenvalue weighted by molar-refractivity contribution is -0.132. The van der Waals surface area contributed by atoms with Crippen LogP contribution in [-0.2, 0) is 4.79 Å². The fraction of sp³-hybridized carbons (Fsp3) is 0.100. The van der Waals surface area contributed by atoms with Gasteiger partial charge in [0, 0.05) is 0 Å². The zero-order chi connectivity index (χ0) is 14.0. The normalized spacial score (nSPS) is 12.1. The molecular formula is C10H10ClF2N3O2. The molecule has 0 aliphatic carbocycles. The van der Waals surface area contributed by atoms with E-state index >= 15 is 0 Å². The highest BCUT2D eigenvalue weighted by atomic mass is 35.5. The zero-order valence-corrected chi connectivity index (χ0v) is 10.0. The molecule has 8 heteroatoms. The summed E-state index contributed by atoms with van der Waals surface area (Å²) >= 11 is 5.49. The Balaban J connectivity index is 3.36. The predicted molar refractivity (Wildman–Crippen MR) is 62.6 cm³/mol. The number of anilines is 1. The summed E-state index contributed by atoms with van der Waals surface area (Å²) in [6, 6.07) is 1.92. The highest BCUT2D eigenvalue weighted by Gasteiger charge is 2.21. The van der Waals surface area contributed by atoms with Crippen LogP contribution in [0, 0.1) is 11.6 Å². The van der Waals surface area contributed by atoms with Crippen molar-refractivity contribution in [3.63, 3.8) is 0 Å². The molecule has 0 aliphatic rings. The number of carboxylic acids is 1. The fourth-order valence-electron chi connectivity index (χ4n) is 1.19. The molecule has 1 aromatic carbocycles. The summed E-state index contributed by atoms with van der Waals surface area (Å²) in [5.74, 6) is 1.90. The molecule has 0 radical (unpaired) electrons. The molecule has 98 valence electrons. The minimum Gasteiger partial charge on any atom is -0.477 e. The number of carboxylic acid groups (broad SMARTS) is 1. The summed E-state index contributed by atoms with van der Waals surface area (Å²) in [6.45, 7) is 1.21. The minimum atomic E-state index is -1.45. The average molecular weight is 278 g/mol. The zero-order valence-electron chi connectivity index (χ0n) is 9.25. The van der Waals surface area contributed by atoms with Gasteiger partial charge in [-0.3, -0.25) is 5.01 Å². The molecule has 0 unspecified atom stereocenters. The van der Waals surface area contributed by atoms with Crippen molar-refractivity contribution in [3.8, 4) is 0 Å². The number of hydrogen-bond donors (Lipinski definition) is 3. The molecule has 0 heterocycles. The molecule has 5 N–H and O–H groups in total. The molecule has 0 aromatic heterocycles. The number of rotatable bonds is 3. The Morgan fingerprint density at radius 1 is 1.44 bits per heavy atom. The molecule has 0 spiro atoms. The van der Waals surface area contributed by atoms with Crippen LogP contribution in [0.5, 0.6) is 0 Å². The summed E-state index contributed by atoms with van der Waals surface area (Å²) in [4.78, 5) is 10.6. The first-order chi connectivity index (χ1) is 8.27. The van der Waals surface area contributed by atoms with Gasteiger partial charge in [-0.1, -0.05) is 11.6 Å². The highest BCUT2D eigenvalue weighted by molar-refractivity contribution is 6.31. The average Bonchev–Trinajstić information content (AvgIpc) is 2.32. The third kappa shape index (κ3) is 2.52. The van der Waals surface area contributed by atoms with Gasteiger partial charge in [0.25, 0.3) is 0 Å². The predicted octanol–water partition coefficient (Wildman–Crippen LogP) is 1.57. The Bertz CT molecular complexity index is 534. The van der Waals surface area contributed by atoms with E-state index in [0.717, 1.165) is 12.1 Å². The molecule has 0 atom stereocenters. The van der Waals surface area contributed by atoms with Gasteiger partial charge >= 0.3 is 5.97 Å². The van der Waals surface area contributed by atoms with E-state index in [1.165, 1.54) is 6.92 Å². The van der Waals surface area contributed by atoms with Crippen LogP contribution in [0.2, 0.25) is 5.02 Å². The number of benzene rings is 1. The first-order valence-electron chi connectivity index (χ1n) is 4.65. The Kier molecular flexibility index (Phi) is 4.10. The van der Waals surface area contributed by atoms with Gasteiger partial charge in [0.1, 0.15) is 11.4 Å². The fourth-order valence-corrected chi connectivity index (χ4v) is 1.34. The van der Waals surface area contributed by atoms with Crippen LogP contribution < -0.4 is 16.6 Å². The van der Waals surface area contributed by atoms with Crippen molar-refractivity contribution in [2.45, 2.75) is 6.92 Å². The van der Waals surface area contributed by atoms with Crippen molar-refractivity contribution in [2.24, 2.45) is 11.6 Å². The second-order valence-corrected chi connectivity index (χ2v) is 3.77. The molecule has 18 heavy (non-hydrogen) atoms. The lowest BCUT2D eigenvalue weighted by atomic mass is 10.2. The Hall–Kier alpha value is -1.86. The first-order valence-corrected chi connectivity index (χ1v) is 5.03. The Labute approximate surface area is 106 Å². The smallest absolute Gasteiger partial charge is 0.353 e. The van der Waals surface area contributed by atoms with Gasteiger partial charge in [0.2, 0.25) is 0 Å². The van der Waals surface area contributed by atoms with Crippen LogP contribution in [0.15, 0.2) is 23.5 Å². The van der Waals surface area contributed by atoms with E-state index in [0.29, 0.717) is 5.01 Å².